The smallest absolute Gasteiger partial charge is 0.238 e. The van der Waals surface area contributed by atoms with Crippen molar-refractivity contribution in [3.63, 3.8) is 0 Å². The molecule has 2 unspecified atom stereocenters. The first-order valence-corrected chi connectivity index (χ1v) is 9.14. The van der Waals surface area contributed by atoms with E-state index in [0.29, 0.717) is 17.6 Å². The Labute approximate surface area is 126 Å². The van der Waals surface area contributed by atoms with E-state index in [-0.39, 0.29) is 4.90 Å². The van der Waals surface area contributed by atoms with Crippen molar-refractivity contribution in [2.45, 2.75) is 49.6 Å². The average Bonchev–Trinajstić information content (AvgIpc) is 2.83. The number of benzene rings is 1. The summed E-state index contributed by atoms with van der Waals surface area (Å²) >= 11 is 0. The molecule has 2 fully saturated rings. The largest absolute Gasteiger partial charge is 0.381 e. The van der Waals surface area contributed by atoms with E-state index in [1.54, 1.807) is 13.0 Å². The lowest BCUT2D eigenvalue weighted by Crippen LogP contribution is -2.41. The molecule has 5 nitrogen and oxygen atoms in total. The highest BCUT2D eigenvalue weighted by molar-refractivity contribution is 7.89. The molecular formula is C15H23N3O2S. The number of rotatable bonds is 3. The third-order valence-electron chi connectivity index (χ3n) is 4.70. The number of hydrogen-bond donors (Lipinski definition) is 2. The molecule has 116 valence electrons. The van der Waals surface area contributed by atoms with Crippen LogP contribution < -0.4 is 10.5 Å². The molecule has 0 aromatic heterocycles. The third-order valence-corrected chi connectivity index (χ3v) is 5.76. The fourth-order valence-electron chi connectivity index (χ4n) is 3.63. The molecule has 2 atom stereocenters. The maximum Gasteiger partial charge on any atom is 0.238 e. The third kappa shape index (κ3) is 3.07. The number of fused-ring (bicyclic) bond motifs is 1. The van der Waals surface area contributed by atoms with Gasteiger partial charge in [-0.25, -0.2) is 13.6 Å². The molecule has 0 bridgehead atoms. The number of sulfonamides is 1. The second-order valence-corrected chi connectivity index (χ2v) is 7.69. The van der Waals surface area contributed by atoms with Crippen molar-refractivity contribution in [3.05, 3.63) is 23.8 Å². The molecule has 3 rings (SSSR count). The van der Waals surface area contributed by atoms with E-state index in [9.17, 15) is 8.42 Å². The number of hydrogen-bond acceptors (Lipinski definition) is 4. The van der Waals surface area contributed by atoms with Gasteiger partial charge in [0, 0.05) is 24.3 Å². The van der Waals surface area contributed by atoms with Crippen LogP contribution in [0.4, 0.5) is 5.69 Å². The van der Waals surface area contributed by atoms with Crippen LogP contribution in [0.3, 0.4) is 0 Å². The van der Waals surface area contributed by atoms with Crippen LogP contribution in [0.1, 0.15) is 31.2 Å². The van der Waals surface area contributed by atoms with Crippen LogP contribution in [0.5, 0.6) is 0 Å². The zero-order valence-corrected chi connectivity index (χ0v) is 13.2. The Morgan fingerprint density at radius 1 is 1.24 bits per heavy atom. The van der Waals surface area contributed by atoms with Gasteiger partial charge in [0.25, 0.3) is 0 Å². The van der Waals surface area contributed by atoms with Crippen LogP contribution in [0.15, 0.2) is 23.1 Å². The summed E-state index contributed by atoms with van der Waals surface area (Å²) in [6.07, 6.45) is 4.92. The van der Waals surface area contributed by atoms with E-state index in [4.69, 9.17) is 5.14 Å². The molecule has 1 aromatic carbocycles. The van der Waals surface area contributed by atoms with Gasteiger partial charge in [0.1, 0.15) is 0 Å². The van der Waals surface area contributed by atoms with Crippen LogP contribution in [0, 0.1) is 6.92 Å². The van der Waals surface area contributed by atoms with E-state index in [2.05, 4.69) is 10.2 Å². The molecule has 21 heavy (non-hydrogen) atoms. The summed E-state index contributed by atoms with van der Waals surface area (Å²) in [7, 11) is -3.66. The Balaban J connectivity index is 1.79. The lowest BCUT2D eigenvalue weighted by atomic mass is 9.99. The predicted octanol–water partition coefficient (Wildman–Crippen LogP) is 1.68. The van der Waals surface area contributed by atoms with Gasteiger partial charge in [-0.1, -0.05) is 12.5 Å². The average molecular weight is 309 g/mol. The highest BCUT2D eigenvalue weighted by Gasteiger charge is 2.35. The van der Waals surface area contributed by atoms with Crippen LogP contribution in [0.2, 0.25) is 0 Å². The fraction of sp³-hybridized carbons (Fsp3) is 0.600. The van der Waals surface area contributed by atoms with Crippen molar-refractivity contribution in [3.8, 4) is 0 Å². The molecule has 3 N–H and O–H groups in total. The van der Waals surface area contributed by atoms with Gasteiger partial charge in [0.2, 0.25) is 10.0 Å². The van der Waals surface area contributed by atoms with Crippen LogP contribution in [0.25, 0.3) is 0 Å². The van der Waals surface area contributed by atoms with E-state index < -0.39 is 10.0 Å². The van der Waals surface area contributed by atoms with Gasteiger partial charge in [-0.3, -0.25) is 4.90 Å². The molecule has 2 saturated heterocycles. The molecular weight excluding hydrogens is 286 g/mol. The molecule has 6 heteroatoms. The van der Waals surface area contributed by atoms with Gasteiger partial charge < -0.3 is 5.32 Å². The summed E-state index contributed by atoms with van der Waals surface area (Å²) < 4.78 is 23.2. The van der Waals surface area contributed by atoms with Gasteiger partial charge >= 0.3 is 0 Å². The molecule has 0 amide bonds. The maximum absolute atomic E-state index is 11.6. The number of nitrogens with one attached hydrogen (secondary N) is 1. The number of nitrogens with two attached hydrogens (primary N) is 1. The first-order valence-electron chi connectivity index (χ1n) is 7.59. The fourth-order valence-corrected chi connectivity index (χ4v) is 4.43. The van der Waals surface area contributed by atoms with Crippen LogP contribution in [-0.4, -0.2) is 38.5 Å². The van der Waals surface area contributed by atoms with Crippen molar-refractivity contribution in [1.29, 1.82) is 0 Å². The van der Waals surface area contributed by atoms with Crippen molar-refractivity contribution in [2.24, 2.45) is 5.14 Å². The first-order chi connectivity index (χ1) is 9.95. The lowest BCUT2D eigenvalue weighted by molar-refractivity contribution is 0.193. The lowest BCUT2D eigenvalue weighted by Gasteiger charge is -2.33. The van der Waals surface area contributed by atoms with Gasteiger partial charge in [-0.2, -0.15) is 0 Å². The molecule has 1 aromatic rings. The van der Waals surface area contributed by atoms with E-state index in [1.165, 1.54) is 25.8 Å². The normalized spacial score (nSPS) is 26.6. The minimum atomic E-state index is -3.66. The highest BCUT2D eigenvalue weighted by atomic mass is 32.2. The van der Waals surface area contributed by atoms with Crippen LogP contribution in [-0.2, 0) is 10.0 Å². The summed E-state index contributed by atoms with van der Waals surface area (Å²) in [6.45, 7) is 4.09. The summed E-state index contributed by atoms with van der Waals surface area (Å²) in [5.74, 6) is 0. The molecule has 2 aliphatic heterocycles. The molecule has 0 saturated carbocycles. The summed E-state index contributed by atoms with van der Waals surface area (Å²) in [6, 6.07) is 6.40. The van der Waals surface area contributed by atoms with Gasteiger partial charge in [0.05, 0.1) is 4.90 Å². The van der Waals surface area contributed by atoms with Crippen molar-refractivity contribution in [1.82, 2.24) is 4.90 Å². The predicted molar refractivity (Wildman–Crippen MR) is 83.8 cm³/mol. The summed E-state index contributed by atoms with van der Waals surface area (Å²) in [4.78, 5) is 2.77. The van der Waals surface area contributed by atoms with Gasteiger partial charge in [-0.15, -0.1) is 0 Å². The molecule has 2 aliphatic rings. The molecule has 2 heterocycles. The standard InChI is InChI=1S/C15H23N3O2S/c1-11-5-6-12(10-15(11)21(16,19)20)17-13-7-9-18-8-3-2-4-14(13)18/h5-6,10,13-14,17H,2-4,7-9H2,1H3,(H2,16,19,20). The molecule has 0 aliphatic carbocycles. The molecule has 0 spiro atoms. The van der Waals surface area contributed by atoms with Gasteiger partial charge in [-0.05, 0) is 50.4 Å². The Morgan fingerprint density at radius 2 is 2.05 bits per heavy atom. The molecule has 0 radical (unpaired) electrons. The quantitative estimate of drug-likeness (QED) is 0.891. The Bertz CT molecular complexity index is 630. The van der Waals surface area contributed by atoms with Crippen molar-refractivity contribution < 1.29 is 8.42 Å². The summed E-state index contributed by atoms with van der Waals surface area (Å²) in [5.41, 5.74) is 1.54. The number of primary sulfonamides is 1. The van der Waals surface area contributed by atoms with E-state index in [0.717, 1.165) is 18.7 Å². The monoisotopic (exact) mass is 309 g/mol. The van der Waals surface area contributed by atoms with Crippen molar-refractivity contribution >= 4 is 15.7 Å². The number of piperidine rings is 1. The number of anilines is 1. The second kappa shape index (κ2) is 5.59. The minimum absolute atomic E-state index is 0.214. The minimum Gasteiger partial charge on any atom is -0.381 e. The maximum atomic E-state index is 11.6. The first kappa shape index (κ1) is 14.8. The Hall–Kier alpha value is -1.11. The Kier molecular flexibility index (Phi) is 3.94. The second-order valence-electron chi connectivity index (χ2n) is 6.16. The van der Waals surface area contributed by atoms with E-state index in [1.807, 2.05) is 12.1 Å². The SMILES string of the molecule is Cc1ccc(NC2CCN3CCCCC23)cc1S(N)(=O)=O. The van der Waals surface area contributed by atoms with Gasteiger partial charge in [0.15, 0.2) is 0 Å². The van der Waals surface area contributed by atoms with Crippen LogP contribution >= 0.6 is 0 Å². The zero-order valence-electron chi connectivity index (χ0n) is 12.4. The summed E-state index contributed by atoms with van der Waals surface area (Å²) in [5, 5.41) is 8.80. The highest BCUT2D eigenvalue weighted by Crippen LogP contribution is 2.30. The topological polar surface area (TPSA) is 75.4 Å². The van der Waals surface area contributed by atoms with Crippen molar-refractivity contribution in [2.75, 3.05) is 18.4 Å². The number of nitrogens with zero attached hydrogens (tertiary/aromatic N) is 1. The number of aryl methyl sites for hydroxylation is 1. The zero-order chi connectivity index (χ0) is 15.0. The Morgan fingerprint density at radius 3 is 2.81 bits per heavy atom. The van der Waals surface area contributed by atoms with E-state index >= 15 is 0 Å².